The Morgan fingerprint density at radius 3 is 1.21 bits per heavy atom. The van der Waals surface area contributed by atoms with E-state index in [0.29, 0.717) is 22.1 Å². The predicted octanol–water partition coefficient (Wildman–Crippen LogP) is 0.777. The molecule has 2 aromatic rings. The van der Waals surface area contributed by atoms with Crippen molar-refractivity contribution in [3.05, 3.63) is 36.4 Å². The van der Waals surface area contributed by atoms with Crippen LogP contribution in [0.4, 0.5) is 0 Å². The van der Waals surface area contributed by atoms with Crippen LogP contribution in [0, 0.1) is 0 Å². The molecule has 0 N–H and O–H groups in total. The highest BCUT2D eigenvalue weighted by Crippen LogP contribution is 2.28. The molecule has 2 unspecified atom stereocenters. The van der Waals surface area contributed by atoms with Crippen molar-refractivity contribution in [2.24, 2.45) is 0 Å². The Labute approximate surface area is 281 Å². The highest BCUT2D eigenvalue weighted by molar-refractivity contribution is 7.86. The van der Waals surface area contributed by atoms with Crippen molar-refractivity contribution in [1.82, 2.24) is 0 Å². The van der Waals surface area contributed by atoms with Gasteiger partial charge in [0.1, 0.15) is 59.6 Å². The summed E-state index contributed by atoms with van der Waals surface area (Å²) in [5.41, 5.74) is 0. The minimum Gasteiger partial charge on any atom is -0.744 e. The number of carbonyl (C=O) groups excluding carboxylic acids is 4. The summed E-state index contributed by atoms with van der Waals surface area (Å²) >= 11 is 0. The first-order valence-electron chi connectivity index (χ1n) is 14.6. The molecular formula is C30H44N2O14S2. The topological polar surface area (TPSA) is 220 Å². The van der Waals surface area contributed by atoms with Crippen molar-refractivity contribution in [3.8, 4) is 0 Å². The first-order chi connectivity index (χ1) is 21.9. The van der Waals surface area contributed by atoms with Crippen LogP contribution in [0.1, 0.15) is 27.7 Å². The molecule has 0 aliphatic heterocycles. The van der Waals surface area contributed by atoms with Gasteiger partial charge in [-0.1, -0.05) is 24.3 Å². The van der Waals surface area contributed by atoms with Gasteiger partial charge in [-0.05, 0) is 26.0 Å². The molecule has 2 aromatic carbocycles. The average Bonchev–Trinajstić information content (AvgIpc) is 2.94. The van der Waals surface area contributed by atoms with Gasteiger partial charge in [0.25, 0.3) is 0 Å². The van der Waals surface area contributed by atoms with Gasteiger partial charge in [-0.3, -0.25) is 9.59 Å². The van der Waals surface area contributed by atoms with Crippen LogP contribution in [-0.2, 0) is 58.4 Å². The molecule has 0 aromatic heterocycles. The van der Waals surface area contributed by atoms with Crippen LogP contribution in [-0.4, -0.2) is 139 Å². The second-order valence-electron chi connectivity index (χ2n) is 12.1. The van der Waals surface area contributed by atoms with Crippen LogP contribution in [0.5, 0.6) is 0 Å². The van der Waals surface area contributed by atoms with Crippen molar-refractivity contribution in [2.45, 2.75) is 49.7 Å². The van der Waals surface area contributed by atoms with Gasteiger partial charge in [-0.25, -0.2) is 26.4 Å². The minimum absolute atomic E-state index is 0.0792. The molecule has 48 heavy (non-hydrogen) atoms. The van der Waals surface area contributed by atoms with Gasteiger partial charge < -0.3 is 37.0 Å². The summed E-state index contributed by atoms with van der Waals surface area (Å²) in [6.45, 7) is 8.70. The molecule has 16 nitrogen and oxygen atoms in total. The van der Waals surface area contributed by atoms with Gasteiger partial charge in [0.05, 0.1) is 38.0 Å². The zero-order valence-corrected chi connectivity index (χ0v) is 29.9. The zero-order chi connectivity index (χ0) is 37.1. The highest BCUT2D eigenvalue weighted by Gasteiger charge is 2.25. The Morgan fingerprint density at radius 2 is 0.938 bits per heavy atom. The molecule has 2 rings (SSSR count). The third kappa shape index (κ3) is 15.0. The predicted molar refractivity (Wildman–Crippen MR) is 168 cm³/mol. The molecule has 0 heterocycles. The Balaban J connectivity index is 0.000000539. The van der Waals surface area contributed by atoms with Crippen LogP contribution in [0.2, 0.25) is 0 Å². The lowest BCUT2D eigenvalue weighted by atomic mass is 10.1. The third-order valence-corrected chi connectivity index (χ3v) is 8.71. The van der Waals surface area contributed by atoms with E-state index in [2.05, 4.69) is 0 Å². The maximum absolute atomic E-state index is 11.8. The van der Waals surface area contributed by atoms with Gasteiger partial charge in [-0.15, -0.1) is 0 Å². The van der Waals surface area contributed by atoms with Gasteiger partial charge in [0, 0.05) is 24.6 Å². The number of esters is 4. The Morgan fingerprint density at radius 1 is 0.625 bits per heavy atom. The molecule has 18 heteroatoms. The van der Waals surface area contributed by atoms with Crippen molar-refractivity contribution in [2.75, 3.05) is 67.6 Å². The standard InChI is InChI=1S/C20H38N2O8.C10H8O6S2/c1-15(29-17(3)23)19(25)27-13-11-21(5,6)9-10-22(7,8)12-14-28-20(26)16(2)30-18(4)24;11-17(12,13)9-5-1-3-7-8(9)4-2-6-10(7)18(14,15)16/h15-16H,9-14H2,1-8H3;1-6H,(H,11,12,13)(H,14,15,16)/q+2;/p-2. The summed E-state index contributed by atoms with van der Waals surface area (Å²) < 4.78 is 87.4. The molecule has 0 radical (unpaired) electrons. The summed E-state index contributed by atoms with van der Waals surface area (Å²) in [4.78, 5) is 44.2. The fourth-order valence-corrected chi connectivity index (χ4v) is 5.45. The summed E-state index contributed by atoms with van der Waals surface area (Å²) in [6, 6.07) is 7.09. The van der Waals surface area contributed by atoms with Gasteiger partial charge >= 0.3 is 23.9 Å². The molecule has 0 fully saturated rings. The van der Waals surface area contributed by atoms with Gasteiger partial charge in [0.15, 0.2) is 12.2 Å². The first-order valence-corrected chi connectivity index (χ1v) is 17.4. The van der Waals surface area contributed by atoms with E-state index in [1.54, 1.807) is 0 Å². The summed E-state index contributed by atoms with van der Waals surface area (Å²) in [5, 5.41) is -0.158. The average molecular weight is 721 g/mol. The van der Waals surface area contributed by atoms with Crippen LogP contribution >= 0.6 is 0 Å². The van der Waals surface area contributed by atoms with E-state index in [1.807, 2.05) is 28.2 Å². The number of ether oxygens (including phenoxy) is 4. The van der Waals surface area contributed by atoms with Crippen molar-refractivity contribution in [3.63, 3.8) is 0 Å². The van der Waals surface area contributed by atoms with E-state index in [1.165, 1.54) is 52.0 Å². The lowest BCUT2D eigenvalue weighted by Crippen LogP contribution is -2.53. The molecule has 0 aliphatic rings. The van der Waals surface area contributed by atoms with E-state index >= 15 is 0 Å². The maximum atomic E-state index is 11.8. The second-order valence-corrected chi connectivity index (χ2v) is 14.8. The summed E-state index contributed by atoms with van der Waals surface area (Å²) in [6.07, 6.45) is -1.83. The van der Waals surface area contributed by atoms with Crippen molar-refractivity contribution < 1.29 is 73.0 Å². The fourth-order valence-electron chi connectivity index (χ4n) is 4.07. The normalized spacial score (nSPS) is 13.4. The number of hydrogen-bond donors (Lipinski definition) is 0. The molecule has 0 spiro atoms. The summed E-state index contributed by atoms with van der Waals surface area (Å²) in [5.74, 6) is -2.18. The molecule has 270 valence electrons. The van der Waals surface area contributed by atoms with Crippen LogP contribution < -0.4 is 0 Å². The zero-order valence-electron chi connectivity index (χ0n) is 28.3. The van der Waals surface area contributed by atoms with Crippen LogP contribution in [0.3, 0.4) is 0 Å². The third-order valence-electron chi connectivity index (χ3n) is 6.92. The first kappa shape index (κ1) is 42.3. The van der Waals surface area contributed by atoms with E-state index in [4.69, 9.17) is 18.9 Å². The van der Waals surface area contributed by atoms with Gasteiger partial charge in [0.2, 0.25) is 0 Å². The number of quaternary nitrogens is 2. The molecular weight excluding hydrogens is 676 g/mol. The quantitative estimate of drug-likeness (QED) is 0.107. The van der Waals surface area contributed by atoms with E-state index in [-0.39, 0.29) is 24.0 Å². The number of likely N-dealkylation sites (N-methyl/N-ethyl adjacent to an activating group) is 2. The lowest BCUT2D eigenvalue weighted by molar-refractivity contribution is -0.945. The molecule has 2 atom stereocenters. The number of fused-ring (bicyclic) bond motifs is 1. The van der Waals surface area contributed by atoms with Crippen LogP contribution in [0.15, 0.2) is 46.2 Å². The molecule has 0 saturated heterocycles. The number of rotatable bonds is 15. The van der Waals surface area contributed by atoms with E-state index in [9.17, 15) is 45.1 Å². The molecule has 0 aliphatic carbocycles. The Bertz CT molecular complexity index is 1550. The molecule has 0 bridgehead atoms. The number of nitrogens with zero attached hydrogens (tertiary/aromatic N) is 2. The minimum atomic E-state index is -4.74. The van der Waals surface area contributed by atoms with Gasteiger partial charge in [-0.2, -0.15) is 0 Å². The monoisotopic (exact) mass is 720 g/mol. The number of benzene rings is 2. The van der Waals surface area contributed by atoms with E-state index < -0.39 is 66.1 Å². The largest absolute Gasteiger partial charge is 0.744 e. The molecule has 0 amide bonds. The van der Waals surface area contributed by atoms with E-state index in [0.717, 1.165) is 25.2 Å². The summed E-state index contributed by atoms with van der Waals surface area (Å²) in [7, 11) is -1.35. The molecule has 0 saturated carbocycles. The second kappa shape index (κ2) is 17.6. The Hall–Kier alpha value is -3.68. The van der Waals surface area contributed by atoms with Crippen LogP contribution in [0.25, 0.3) is 10.8 Å². The maximum Gasteiger partial charge on any atom is 0.347 e. The number of hydrogen-bond acceptors (Lipinski definition) is 14. The number of carbonyl (C=O) groups is 4. The lowest BCUT2D eigenvalue weighted by Gasteiger charge is -2.35. The SMILES string of the molecule is CC(=O)OC(C)C(=O)OCC[N+](C)(C)CC[N+](C)(C)CCOC(=O)C(C)OC(C)=O.O=S(=O)([O-])c1cccc2c(S(=O)(=O)[O-])cccc12. The highest BCUT2D eigenvalue weighted by atomic mass is 32.2. The van der Waals surface area contributed by atoms with Crippen molar-refractivity contribution in [1.29, 1.82) is 0 Å². The smallest absolute Gasteiger partial charge is 0.347 e. The fraction of sp³-hybridized carbons (Fsp3) is 0.533. The van der Waals surface area contributed by atoms with Crippen molar-refractivity contribution >= 4 is 54.9 Å². The Kier molecular flexibility index (Phi) is 15.6.